The van der Waals surface area contributed by atoms with Gasteiger partial charge in [0.1, 0.15) is 20.2 Å². The molecule has 10 nitrogen and oxygen atoms in total. The third kappa shape index (κ3) is 7.83. The summed E-state index contributed by atoms with van der Waals surface area (Å²) in [6, 6.07) is 9.51. The minimum atomic E-state index is -4.91. The van der Waals surface area contributed by atoms with Gasteiger partial charge < -0.3 is 19.7 Å². The second-order valence-electron chi connectivity index (χ2n) is 11.9. The predicted molar refractivity (Wildman–Crippen MR) is 198 cm³/mol. The van der Waals surface area contributed by atoms with Crippen LogP contribution >= 0.6 is 31.9 Å². The smallest absolute Gasteiger partial charge is 0.744 e. The van der Waals surface area contributed by atoms with Crippen molar-refractivity contribution in [1.29, 1.82) is 0 Å². The summed E-state index contributed by atoms with van der Waals surface area (Å²) in [5.41, 5.74) is 3.75. The van der Waals surface area contributed by atoms with Crippen LogP contribution in [0.2, 0.25) is 0 Å². The van der Waals surface area contributed by atoms with E-state index in [1.165, 1.54) is 13.8 Å². The Labute approximate surface area is 365 Å². The van der Waals surface area contributed by atoms with E-state index in [0.29, 0.717) is 55.4 Å². The van der Waals surface area contributed by atoms with Gasteiger partial charge in [0.05, 0.1) is 32.3 Å². The number of halogens is 2. The maximum absolute atomic E-state index is 14.3. The topological polar surface area (TPSA) is 173 Å². The first-order chi connectivity index (χ1) is 23.4. The Balaban J connectivity index is 0.00000364. The maximum Gasteiger partial charge on any atom is 1.00 e. The zero-order valence-corrected chi connectivity index (χ0v) is 38.9. The summed E-state index contributed by atoms with van der Waals surface area (Å²) >= 11 is 7.04. The van der Waals surface area contributed by atoms with E-state index in [1.54, 1.807) is 50.2 Å². The van der Waals surface area contributed by atoms with E-state index in [2.05, 4.69) is 42.5 Å². The normalized spacial score (nSPS) is 12.4. The molecule has 264 valence electrons. The van der Waals surface area contributed by atoms with E-state index in [1.807, 2.05) is 13.8 Å². The summed E-state index contributed by atoms with van der Waals surface area (Å²) in [6.45, 7) is 10.3. The number of hydrogen-bond donors (Lipinski definition) is 2. The molecular formula is C36H34Br2N2Na2O8S2. The number of anilines is 4. The fourth-order valence-corrected chi connectivity index (χ4v) is 11.2. The van der Waals surface area contributed by atoms with Crippen LogP contribution in [0.25, 0.3) is 0 Å². The van der Waals surface area contributed by atoms with E-state index in [-0.39, 0.29) is 127 Å². The average Bonchev–Trinajstić information content (AvgIpc) is 3.05. The van der Waals surface area contributed by atoms with Crippen molar-refractivity contribution in [3.63, 3.8) is 0 Å². The van der Waals surface area contributed by atoms with Gasteiger partial charge in [-0.05, 0) is 85.0 Å². The second-order valence-corrected chi connectivity index (χ2v) is 16.1. The van der Waals surface area contributed by atoms with Gasteiger partial charge in [-0.15, -0.1) is 0 Å². The Bertz CT molecular complexity index is 2200. The van der Waals surface area contributed by atoms with Gasteiger partial charge in [-0.3, -0.25) is 9.59 Å². The largest absolute Gasteiger partial charge is 1.00 e. The number of carbonyl (C=O) groups is 2. The molecule has 52 heavy (non-hydrogen) atoms. The van der Waals surface area contributed by atoms with Crippen LogP contribution in [-0.4, -0.2) is 37.5 Å². The van der Waals surface area contributed by atoms with Gasteiger partial charge in [0, 0.05) is 31.4 Å². The van der Waals surface area contributed by atoms with Gasteiger partial charge in [-0.1, -0.05) is 83.8 Å². The third-order valence-electron chi connectivity index (χ3n) is 9.15. The summed E-state index contributed by atoms with van der Waals surface area (Å²) in [5.74, 6) is -0.952. The molecular weight excluding hydrogens is 858 g/mol. The summed E-state index contributed by atoms with van der Waals surface area (Å²) in [4.78, 5) is 27.9. The van der Waals surface area contributed by atoms with Gasteiger partial charge in [-0.25, -0.2) is 16.8 Å². The summed E-state index contributed by atoms with van der Waals surface area (Å²) in [7, 11) is -9.82. The second kappa shape index (κ2) is 17.2. The van der Waals surface area contributed by atoms with Crippen LogP contribution < -0.4 is 69.7 Å². The molecule has 4 aromatic carbocycles. The van der Waals surface area contributed by atoms with Crippen molar-refractivity contribution in [2.24, 2.45) is 0 Å². The molecule has 0 bridgehead atoms. The van der Waals surface area contributed by atoms with E-state index in [4.69, 9.17) is 0 Å². The first-order valence-corrected chi connectivity index (χ1v) is 20.3. The summed E-state index contributed by atoms with van der Waals surface area (Å²) < 4.78 is 76.1. The van der Waals surface area contributed by atoms with E-state index in [0.717, 1.165) is 0 Å². The van der Waals surface area contributed by atoms with Gasteiger partial charge in [0.2, 0.25) is 0 Å². The molecule has 0 radical (unpaired) electrons. The number of hydrogen-bond acceptors (Lipinski definition) is 10. The Hall–Kier alpha value is -1.40. The minimum absolute atomic E-state index is 0. The number of benzene rings is 4. The zero-order chi connectivity index (χ0) is 37.0. The summed E-state index contributed by atoms with van der Waals surface area (Å²) in [5, 5.41) is 6.44. The van der Waals surface area contributed by atoms with Crippen LogP contribution in [0.4, 0.5) is 22.7 Å². The quantitative estimate of drug-likeness (QED) is 0.157. The van der Waals surface area contributed by atoms with Gasteiger partial charge in [0.25, 0.3) is 0 Å². The van der Waals surface area contributed by atoms with Crippen LogP contribution in [0.15, 0.2) is 55.1 Å². The first kappa shape index (κ1) is 45.0. The monoisotopic (exact) mass is 890 g/mol. The van der Waals surface area contributed by atoms with E-state index >= 15 is 0 Å². The molecule has 0 saturated carbocycles. The molecule has 0 atom stereocenters. The van der Waals surface area contributed by atoms with Crippen LogP contribution in [0.1, 0.15) is 92.9 Å². The Morgan fingerprint density at radius 2 is 0.885 bits per heavy atom. The van der Waals surface area contributed by atoms with Crippen molar-refractivity contribution >= 4 is 86.4 Å². The maximum atomic E-state index is 14.3. The number of carbonyl (C=O) groups excluding carboxylic acids is 2. The van der Waals surface area contributed by atoms with E-state index in [9.17, 15) is 35.5 Å². The molecule has 5 rings (SSSR count). The molecule has 0 unspecified atom stereocenters. The fourth-order valence-electron chi connectivity index (χ4n) is 6.93. The predicted octanol–water partition coefficient (Wildman–Crippen LogP) is 2.16. The van der Waals surface area contributed by atoms with Crippen LogP contribution in [0, 0.1) is 13.8 Å². The van der Waals surface area contributed by atoms with Gasteiger partial charge >= 0.3 is 59.1 Å². The van der Waals surface area contributed by atoms with Crippen molar-refractivity contribution in [1.82, 2.24) is 0 Å². The molecule has 16 heteroatoms. The molecule has 0 fully saturated rings. The number of fused-ring (bicyclic) bond motifs is 2. The Kier molecular flexibility index (Phi) is 14.9. The SMILES string of the molecule is CCc1c(Br)c(CC)c(S(=O)(=O)[O-])c(C)c1Nc1ccc(Nc2c(C)c(S(=O)(=O)[O-])c(CC)c(Br)c2CC)c2c1C(=O)c1ccccc1C2=O.[Na+].[Na+]. The van der Waals surface area contributed by atoms with Crippen molar-refractivity contribution in [2.75, 3.05) is 10.6 Å². The molecule has 1 aliphatic carbocycles. The molecule has 0 spiro atoms. The van der Waals surface area contributed by atoms with Crippen LogP contribution in [0.5, 0.6) is 0 Å². The molecule has 0 aromatic heterocycles. The standard InChI is InChI=1S/C36H36Br2N2O8S2.2Na/c1-7-19-29(37)21(9-3)35(49(43,44)45)17(5)31(19)39-25-15-16-26(28-27(25)33(41)23-13-11-12-14-24(23)34(28)42)40-32-18(6)36(50(46,47)48)22(10-4)30(38)20(32)8-2;;/h11-16,39-40H,7-10H2,1-6H3,(H,43,44,45)(H,46,47,48);;/q;2*+1/p-2. The van der Waals surface area contributed by atoms with Crippen molar-refractivity contribution in [3.8, 4) is 0 Å². The van der Waals surface area contributed by atoms with E-state index < -0.39 is 31.8 Å². The molecule has 0 saturated heterocycles. The third-order valence-corrected chi connectivity index (χ3v) is 13.2. The first-order valence-electron chi connectivity index (χ1n) is 15.9. The molecule has 0 aliphatic heterocycles. The Morgan fingerprint density at radius 3 is 1.15 bits per heavy atom. The molecule has 1 aliphatic rings. The van der Waals surface area contributed by atoms with Crippen molar-refractivity contribution < 1.29 is 94.6 Å². The number of nitrogens with one attached hydrogen (secondary N) is 2. The summed E-state index contributed by atoms with van der Waals surface area (Å²) in [6.07, 6.45) is 1.41. The Morgan fingerprint density at radius 1 is 0.577 bits per heavy atom. The number of rotatable bonds is 10. The average molecular weight is 893 g/mol. The molecule has 0 amide bonds. The van der Waals surface area contributed by atoms with Crippen LogP contribution in [-0.2, 0) is 45.9 Å². The van der Waals surface area contributed by atoms with Crippen molar-refractivity contribution in [3.05, 3.63) is 101 Å². The molecule has 0 heterocycles. The zero-order valence-electron chi connectivity index (χ0n) is 30.1. The fraction of sp³-hybridized carbons (Fsp3) is 0.278. The van der Waals surface area contributed by atoms with Crippen LogP contribution in [0.3, 0.4) is 0 Å². The molecule has 4 aromatic rings. The van der Waals surface area contributed by atoms with Gasteiger partial charge in [-0.2, -0.15) is 0 Å². The number of ketones is 2. The van der Waals surface area contributed by atoms with Gasteiger partial charge in [0.15, 0.2) is 11.6 Å². The van der Waals surface area contributed by atoms with Crippen molar-refractivity contribution in [2.45, 2.75) is 77.0 Å². The molecule has 2 N–H and O–H groups in total. The minimum Gasteiger partial charge on any atom is -0.744 e.